The normalized spacial score (nSPS) is 20.2. The summed E-state index contributed by atoms with van der Waals surface area (Å²) in [6, 6.07) is 6.66. The van der Waals surface area contributed by atoms with E-state index in [0.717, 1.165) is 12.3 Å². The van der Waals surface area contributed by atoms with Crippen LogP contribution in [-0.2, 0) is 0 Å². The number of benzene rings is 1. The van der Waals surface area contributed by atoms with Gasteiger partial charge in [0, 0.05) is 28.2 Å². The maximum atomic E-state index is 5.52. The molecule has 1 aliphatic rings. The monoisotopic (exact) mass is 244 g/mol. The molecule has 0 aliphatic carbocycles. The minimum Gasteiger partial charge on any atom is -0.496 e. The van der Waals surface area contributed by atoms with E-state index in [1.165, 1.54) is 41.4 Å². The van der Waals surface area contributed by atoms with Crippen LogP contribution in [0, 0.1) is 6.92 Å². The second-order valence-electron chi connectivity index (χ2n) is 5.05. The van der Waals surface area contributed by atoms with Gasteiger partial charge in [-0.05, 0) is 38.4 Å². The van der Waals surface area contributed by atoms with Gasteiger partial charge in [-0.25, -0.2) is 0 Å². The molecule has 18 heavy (non-hydrogen) atoms. The van der Waals surface area contributed by atoms with Crippen LogP contribution in [0.2, 0.25) is 0 Å². The second kappa shape index (κ2) is 4.65. The molecule has 3 heteroatoms. The van der Waals surface area contributed by atoms with E-state index in [2.05, 4.69) is 23.3 Å². The lowest BCUT2D eigenvalue weighted by Crippen LogP contribution is -2.27. The predicted octanol–water partition coefficient (Wildman–Crippen LogP) is 3.30. The molecule has 0 spiro atoms. The van der Waals surface area contributed by atoms with E-state index in [4.69, 9.17) is 4.74 Å². The van der Waals surface area contributed by atoms with Crippen molar-refractivity contribution in [2.75, 3.05) is 13.7 Å². The van der Waals surface area contributed by atoms with E-state index < -0.39 is 0 Å². The van der Waals surface area contributed by atoms with Crippen molar-refractivity contribution >= 4 is 10.9 Å². The molecule has 1 aromatic heterocycles. The van der Waals surface area contributed by atoms with Crippen LogP contribution in [0.25, 0.3) is 10.9 Å². The molecule has 0 bridgehead atoms. The van der Waals surface area contributed by atoms with Gasteiger partial charge in [-0.2, -0.15) is 0 Å². The highest BCUT2D eigenvalue weighted by molar-refractivity contribution is 5.91. The van der Waals surface area contributed by atoms with E-state index in [1.807, 2.05) is 12.1 Å². The van der Waals surface area contributed by atoms with Crippen LogP contribution in [0.5, 0.6) is 5.75 Å². The summed E-state index contributed by atoms with van der Waals surface area (Å²) in [6.07, 6.45) is 3.81. The molecular weight excluding hydrogens is 224 g/mol. The molecule has 2 N–H and O–H groups in total. The van der Waals surface area contributed by atoms with Crippen LogP contribution in [-0.4, -0.2) is 18.6 Å². The number of aromatic nitrogens is 1. The summed E-state index contributed by atoms with van der Waals surface area (Å²) >= 11 is 0. The lowest BCUT2D eigenvalue weighted by Gasteiger charge is -2.24. The van der Waals surface area contributed by atoms with Gasteiger partial charge in [-0.15, -0.1) is 0 Å². The lowest BCUT2D eigenvalue weighted by molar-refractivity contribution is 0.406. The Balaban J connectivity index is 2.17. The second-order valence-corrected chi connectivity index (χ2v) is 5.05. The summed E-state index contributed by atoms with van der Waals surface area (Å²) in [7, 11) is 1.75. The highest BCUT2D eigenvalue weighted by atomic mass is 16.5. The molecule has 1 unspecified atom stereocenters. The Morgan fingerprint density at radius 2 is 2.17 bits per heavy atom. The quantitative estimate of drug-likeness (QED) is 0.850. The van der Waals surface area contributed by atoms with E-state index in [9.17, 15) is 0 Å². The zero-order valence-electron chi connectivity index (χ0n) is 11.0. The van der Waals surface area contributed by atoms with Crippen LogP contribution in [0.4, 0.5) is 0 Å². The Morgan fingerprint density at radius 3 is 2.89 bits per heavy atom. The zero-order valence-corrected chi connectivity index (χ0v) is 11.0. The molecule has 0 amide bonds. The Morgan fingerprint density at radius 1 is 1.28 bits per heavy atom. The fourth-order valence-corrected chi connectivity index (χ4v) is 3.07. The smallest absolute Gasteiger partial charge is 0.128 e. The number of nitrogens with one attached hydrogen (secondary N) is 2. The molecule has 2 aromatic rings. The fraction of sp³-hybridized carbons (Fsp3) is 0.467. The highest BCUT2D eigenvalue weighted by Gasteiger charge is 2.22. The molecule has 1 atom stereocenters. The molecule has 1 aliphatic heterocycles. The SMILES string of the molecule is COc1cccc2[nH]c(C)c(C3CCCCN3)c12. The van der Waals surface area contributed by atoms with Crippen molar-refractivity contribution in [3.05, 3.63) is 29.5 Å². The Labute approximate surface area is 108 Å². The molecule has 1 fully saturated rings. The topological polar surface area (TPSA) is 37.0 Å². The van der Waals surface area contributed by atoms with Gasteiger partial charge in [-0.3, -0.25) is 0 Å². The molecule has 0 saturated carbocycles. The number of piperidine rings is 1. The van der Waals surface area contributed by atoms with Crippen molar-refractivity contribution < 1.29 is 4.74 Å². The zero-order chi connectivity index (χ0) is 12.5. The summed E-state index contributed by atoms with van der Waals surface area (Å²) in [5.41, 5.74) is 3.82. The first kappa shape index (κ1) is 11.6. The first-order chi connectivity index (χ1) is 8.81. The van der Waals surface area contributed by atoms with E-state index >= 15 is 0 Å². The van der Waals surface area contributed by atoms with E-state index in [0.29, 0.717) is 6.04 Å². The fourth-order valence-electron chi connectivity index (χ4n) is 3.07. The van der Waals surface area contributed by atoms with Crippen LogP contribution in [0.3, 0.4) is 0 Å². The average molecular weight is 244 g/mol. The lowest BCUT2D eigenvalue weighted by atomic mass is 9.95. The van der Waals surface area contributed by atoms with E-state index in [1.54, 1.807) is 7.11 Å². The standard InChI is InChI=1S/C15H20N2O/c1-10-14(11-6-3-4-9-16-11)15-12(17-10)7-5-8-13(15)18-2/h5,7-8,11,16-17H,3-4,6,9H2,1-2H3. The molecule has 96 valence electrons. The Kier molecular flexibility index (Phi) is 3.00. The third-order valence-corrected chi connectivity index (χ3v) is 3.90. The van der Waals surface area contributed by atoms with Crippen molar-refractivity contribution in [2.45, 2.75) is 32.2 Å². The molecular formula is C15H20N2O. The van der Waals surface area contributed by atoms with Crippen molar-refractivity contribution in [3.8, 4) is 5.75 Å². The average Bonchev–Trinajstić information content (AvgIpc) is 2.75. The maximum Gasteiger partial charge on any atom is 0.128 e. The summed E-state index contributed by atoms with van der Waals surface area (Å²) in [5.74, 6) is 0.972. The highest BCUT2D eigenvalue weighted by Crippen LogP contribution is 2.37. The van der Waals surface area contributed by atoms with E-state index in [-0.39, 0.29) is 0 Å². The molecule has 2 heterocycles. The number of hydrogen-bond donors (Lipinski definition) is 2. The minimum atomic E-state index is 0.462. The van der Waals surface area contributed by atoms with Gasteiger partial charge < -0.3 is 15.0 Å². The summed E-state index contributed by atoms with van der Waals surface area (Å²) in [6.45, 7) is 3.27. The largest absolute Gasteiger partial charge is 0.496 e. The molecule has 3 rings (SSSR count). The number of aromatic amines is 1. The first-order valence-electron chi connectivity index (χ1n) is 6.70. The van der Waals surface area contributed by atoms with Crippen molar-refractivity contribution in [1.82, 2.24) is 10.3 Å². The van der Waals surface area contributed by atoms with Crippen molar-refractivity contribution in [1.29, 1.82) is 0 Å². The van der Waals surface area contributed by atoms with Gasteiger partial charge in [-0.1, -0.05) is 12.5 Å². The van der Waals surface area contributed by atoms with Crippen molar-refractivity contribution in [2.24, 2.45) is 0 Å². The van der Waals surface area contributed by atoms with Gasteiger partial charge in [0.25, 0.3) is 0 Å². The molecule has 1 saturated heterocycles. The van der Waals surface area contributed by atoms with Gasteiger partial charge in [0.1, 0.15) is 5.75 Å². The number of rotatable bonds is 2. The maximum absolute atomic E-state index is 5.52. The first-order valence-corrected chi connectivity index (χ1v) is 6.70. The Hall–Kier alpha value is -1.48. The van der Waals surface area contributed by atoms with Crippen LogP contribution in [0.15, 0.2) is 18.2 Å². The van der Waals surface area contributed by atoms with Crippen LogP contribution in [0.1, 0.15) is 36.6 Å². The minimum absolute atomic E-state index is 0.462. The third-order valence-electron chi connectivity index (χ3n) is 3.90. The number of hydrogen-bond acceptors (Lipinski definition) is 2. The van der Waals surface area contributed by atoms with Gasteiger partial charge >= 0.3 is 0 Å². The van der Waals surface area contributed by atoms with Gasteiger partial charge in [0.2, 0.25) is 0 Å². The number of methoxy groups -OCH3 is 1. The van der Waals surface area contributed by atoms with Gasteiger partial charge in [0.05, 0.1) is 7.11 Å². The number of H-pyrrole nitrogens is 1. The molecule has 1 aromatic carbocycles. The summed E-state index contributed by atoms with van der Waals surface area (Å²) in [5, 5.41) is 4.88. The summed E-state index contributed by atoms with van der Waals surface area (Å²) in [4.78, 5) is 3.48. The third kappa shape index (κ3) is 1.79. The van der Waals surface area contributed by atoms with Gasteiger partial charge in [0.15, 0.2) is 0 Å². The predicted molar refractivity (Wildman–Crippen MR) is 74.2 cm³/mol. The van der Waals surface area contributed by atoms with Crippen molar-refractivity contribution in [3.63, 3.8) is 0 Å². The molecule has 3 nitrogen and oxygen atoms in total. The number of fused-ring (bicyclic) bond motifs is 1. The summed E-state index contributed by atoms with van der Waals surface area (Å²) < 4.78 is 5.52. The van der Waals surface area contributed by atoms with Crippen LogP contribution >= 0.6 is 0 Å². The Bertz CT molecular complexity index is 553. The number of ether oxygens (including phenoxy) is 1. The molecule has 0 radical (unpaired) electrons. The van der Waals surface area contributed by atoms with Crippen LogP contribution < -0.4 is 10.1 Å². The number of aryl methyl sites for hydroxylation is 1.